The van der Waals surface area contributed by atoms with Gasteiger partial charge in [0.2, 0.25) is 5.91 Å². The second-order valence-corrected chi connectivity index (χ2v) is 7.58. The zero-order valence-corrected chi connectivity index (χ0v) is 18.6. The van der Waals surface area contributed by atoms with E-state index in [0.29, 0.717) is 28.4 Å². The van der Waals surface area contributed by atoms with Gasteiger partial charge in [-0.3, -0.25) is 14.3 Å². The van der Waals surface area contributed by atoms with Gasteiger partial charge in [-0.1, -0.05) is 26.0 Å². The summed E-state index contributed by atoms with van der Waals surface area (Å²) >= 11 is 0. The number of rotatable bonds is 9. The highest BCUT2D eigenvalue weighted by Crippen LogP contribution is 2.22. The van der Waals surface area contributed by atoms with Gasteiger partial charge in [0.05, 0.1) is 24.6 Å². The molecule has 3 aromatic rings. The Hall–Kier alpha value is -4.32. The van der Waals surface area contributed by atoms with Crippen LogP contribution in [0.25, 0.3) is 0 Å². The molecule has 9 nitrogen and oxygen atoms in total. The number of hydrogen-bond donors (Lipinski definition) is 2. The molecule has 3 rings (SSSR count). The maximum absolute atomic E-state index is 12.8. The first-order valence-electron chi connectivity index (χ1n) is 10.3. The number of carbonyl (C=O) groups excluding carboxylic acids is 2. The number of benzene rings is 2. The molecule has 1 unspecified atom stereocenters. The second-order valence-electron chi connectivity index (χ2n) is 7.58. The van der Waals surface area contributed by atoms with Gasteiger partial charge >= 0.3 is 0 Å². The topological polar surface area (TPSA) is 118 Å². The van der Waals surface area contributed by atoms with E-state index in [1.807, 2.05) is 13.8 Å². The van der Waals surface area contributed by atoms with E-state index in [1.165, 1.54) is 10.9 Å². The van der Waals surface area contributed by atoms with Gasteiger partial charge in [0.25, 0.3) is 5.91 Å². The first-order chi connectivity index (χ1) is 15.9. The van der Waals surface area contributed by atoms with Crippen molar-refractivity contribution in [2.24, 2.45) is 5.92 Å². The van der Waals surface area contributed by atoms with E-state index in [9.17, 15) is 14.9 Å². The molecule has 9 heteroatoms. The minimum Gasteiger partial charge on any atom is -0.497 e. The van der Waals surface area contributed by atoms with Gasteiger partial charge in [-0.25, -0.2) is 0 Å². The largest absolute Gasteiger partial charge is 0.497 e. The van der Waals surface area contributed by atoms with Gasteiger partial charge in [-0.2, -0.15) is 10.4 Å². The molecule has 2 amide bonds. The summed E-state index contributed by atoms with van der Waals surface area (Å²) in [5.74, 6) is 0.250. The normalized spacial score (nSPS) is 11.4. The number of aromatic nitrogens is 2. The van der Waals surface area contributed by atoms with Crippen molar-refractivity contribution in [3.05, 3.63) is 66.5 Å². The molecule has 0 radical (unpaired) electrons. The summed E-state index contributed by atoms with van der Waals surface area (Å²) in [4.78, 5) is 25.1. The highest BCUT2D eigenvalue weighted by molar-refractivity contribution is 5.94. The lowest BCUT2D eigenvalue weighted by molar-refractivity contribution is -0.124. The summed E-state index contributed by atoms with van der Waals surface area (Å²) in [5.41, 5.74) is 1.42. The van der Waals surface area contributed by atoms with E-state index in [-0.39, 0.29) is 24.3 Å². The highest BCUT2D eigenvalue weighted by Gasteiger charge is 2.25. The lowest BCUT2D eigenvalue weighted by Crippen LogP contribution is -2.37. The number of nitrogens with zero attached hydrogens (tertiary/aromatic N) is 3. The van der Waals surface area contributed by atoms with Crippen LogP contribution in [0.4, 0.5) is 11.4 Å². The van der Waals surface area contributed by atoms with Crippen LogP contribution in [0.15, 0.2) is 60.9 Å². The minimum absolute atomic E-state index is 0.0262. The molecule has 0 fully saturated rings. The summed E-state index contributed by atoms with van der Waals surface area (Å²) in [6, 6.07) is 15.8. The first kappa shape index (κ1) is 23.3. The summed E-state index contributed by atoms with van der Waals surface area (Å²) < 4.78 is 12.4. The van der Waals surface area contributed by atoms with Crippen LogP contribution >= 0.6 is 0 Å². The third-order valence-electron chi connectivity index (χ3n) is 4.71. The summed E-state index contributed by atoms with van der Waals surface area (Å²) in [5, 5.41) is 18.9. The molecular formula is C24H25N5O4. The van der Waals surface area contributed by atoms with Crippen LogP contribution in [-0.2, 0) is 16.1 Å². The number of amides is 2. The second kappa shape index (κ2) is 10.8. The molecule has 0 aliphatic carbocycles. The predicted octanol–water partition coefficient (Wildman–Crippen LogP) is 3.44. The number of ether oxygens (including phenoxy) is 2. The van der Waals surface area contributed by atoms with Crippen molar-refractivity contribution in [2.45, 2.75) is 26.5 Å². The standard InChI is InChI=1S/C24H25N5O4/c1-16(2)23(33-21-7-5-4-6-17(21)12-25)24(31)28-19-13-26-29(14-19)15-22(30)27-18-8-10-20(32-3)11-9-18/h4-11,13-14,16,23H,15H2,1-3H3,(H,27,30)(H,28,31). The van der Waals surface area contributed by atoms with Gasteiger partial charge in [0.15, 0.2) is 6.10 Å². The maximum Gasteiger partial charge on any atom is 0.265 e. The van der Waals surface area contributed by atoms with Gasteiger partial charge in [0.1, 0.15) is 24.1 Å². The smallest absolute Gasteiger partial charge is 0.265 e. The van der Waals surface area contributed by atoms with Crippen LogP contribution in [0.2, 0.25) is 0 Å². The van der Waals surface area contributed by atoms with Crippen molar-refractivity contribution < 1.29 is 19.1 Å². The lowest BCUT2D eigenvalue weighted by atomic mass is 10.1. The minimum atomic E-state index is -0.818. The Kier molecular flexibility index (Phi) is 7.65. The van der Waals surface area contributed by atoms with E-state index in [2.05, 4.69) is 21.8 Å². The molecule has 0 aliphatic rings. The highest BCUT2D eigenvalue weighted by atomic mass is 16.5. The fourth-order valence-electron chi connectivity index (χ4n) is 3.04. The molecule has 1 atom stereocenters. The molecule has 1 heterocycles. The monoisotopic (exact) mass is 447 g/mol. The zero-order chi connectivity index (χ0) is 23.8. The molecule has 2 aromatic carbocycles. The van der Waals surface area contributed by atoms with Crippen molar-refractivity contribution >= 4 is 23.2 Å². The van der Waals surface area contributed by atoms with E-state index in [0.717, 1.165) is 0 Å². The number of anilines is 2. The Morgan fingerprint density at radius 3 is 2.48 bits per heavy atom. The summed E-state index contributed by atoms with van der Waals surface area (Å²) in [6.07, 6.45) is 2.20. The first-order valence-corrected chi connectivity index (χ1v) is 10.3. The van der Waals surface area contributed by atoms with E-state index < -0.39 is 6.10 Å². The molecule has 170 valence electrons. The van der Waals surface area contributed by atoms with Crippen molar-refractivity contribution in [1.29, 1.82) is 5.26 Å². The average Bonchev–Trinajstić information content (AvgIpc) is 3.24. The summed E-state index contributed by atoms with van der Waals surface area (Å²) in [7, 11) is 1.57. The van der Waals surface area contributed by atoms with Crippen LogP contribution in [0.1, 0.15) is 19.4 Å². The van der Waals surface area contributed by atoms with E-state index in [1.54, 1.807) is 61.8 Å². The van der Waals surface area contributed by atoms with Crippen LogP contribution in [0.3, 0.4) is 0 Å². The maximum atomic E-state index is 12.8. The molecular weight excluding hydrogens is 422 g/mol. The van der Waals surface area contributed by atoms with Gasteiger partial charge in [0, 0.05) is 11.9 Å². The molecule has 2 N–H and O–H groups in total. The molecule has 0 saturated carbocycles. The van der Waals surface area contributed by atoms with Crippen molar-refractivity contribution in [3.8, 4) is 17.6 Å². The van der Waals surface area contributed by atoms with Crippen molar-refractivity contribution in [2.75, 3.05) is 17.7 Å². The summed E-state index contributed by atoms with van der Waals surface area (Å²) in [6.45, 7) is 3.68. The van der Waals surface area contributed by atoms with E-state index in [4.69, 9.17) is 9.47 Å². The lowest BCUT2D eigenvalue weighted by Gasteiger charge is -2.22. The Labute approximate surface area is 191 Å². The number of nitriles is 1. The van der Waals surface area contributed by atoms with Crippen molar-refractivity contribution in [1.82, 2.24) is 9.78 Å². The molecule has 0 spiro atoms. The van der Waals surface area contributed by atoms with Crippen molar-refractivity contribution in [3.63, 3.8) is 0 Å². The predicted molar refractivity (Wildman–Crippen MR) is 123 cm³/mol. The SMILES string of the molecule is COc1ccc(NC(=O)Cn2cc(NC(=O)C(Oc3ccccc3C#N)C(C)C)cn2)cc1. The van der Waals surface area contributed by atoms with Gasteiger partial charge < -0.3 is 20.1 Å². The Balaban J connectivity index is 1.60. The fourth-order valence-corrected chi connectivity index (χ4v) is 3.04. The number of para-hydroxylation sites is 1. The molecule has 0 bridgehead atoms. The van der Waals surface area contributed by atoms with Crippen LogP contribution in [-0.4, -0.2) is 34.8 Å². The molecule has 0 aliphatic heterocycles. The Morgan fingerprint density at radius 1 is 1.09 bits per heavy atom. The molecule has 33 heavy (non-hydrogen) atoms. The Bertz CT molecular complexity index is 1150. The van der Waals surface area contributed by atoms with Gasteiger partial charge in [-0.05, 0) is 42.3 Å². The van der Waals surface area contributed by atoms with E-state index >= 15 is 0 Å². The number of nitrogens with one attached hydrogen (secondary N) is 2. The van der Waals surface area contributed by atoms with Crippen LogP contribution in [0, 0.1) is 17.2 Å². The third-order valence-corrected chi connectivity index (χ3v) is 4.71. The van der Waals surface area contributed by atoms with Crippen LogP contribution in [0.5, 0.6) is 11.5 Å². The average molecular weight is 447 g/mol. The number of methoxy groups -OCH3 is 1. The quantitative estimate of drug-likeness (QED) is 0.519. The number of carbonyl (C=O) groups is 2. The Morgan fingerprint density at radius 2 is 1.82 bits per heavy atom. The zero-order valence-electron chi connectivity index (χ0n) is 18.6. The van der Waals surface area contributed by atoms with Gasteiger partial charge in [-0.15, -0.1) is 0 Å². The molecule has 1 aromatic heterocycles. The third kappa shape index (κ3) is 6.33. The number of hydrogen-bond acceptors (Lipinski definition) is 6. The van der Waals surface area contributed by atoms with Crippen LogP contribution < -0.4 is 20.1 Å². The fraction of sp³-hybridized carbons (Fsp3) is 0.250. The molecule has 0 saturated heterocycles.